The number of rotatable bonds is 8. The average Bonchev–Trinajstić information content (AvgIpc) is 2.79. The molecule has 0 spiro atoms. The maximum atomic E-state index is 11.1. The molecule has 7 heteroatoms. The molecule has 0 aromatic heterocycles. The Balaban J connectivity index is 1.76. The van der Waals surface area contributed by atoms with Gasteiger partial charge in [-0.05, 0) is 54.3 Å². The van der Waals surface area contributed by atoms with E-state index in [2.05, 4.69) is 43.0 Å². The lowest BCUT2D eigenvalue weighted by atomic mass is 10.0. The quantitative estimate of drug-likeness (QED) is 0.248. The summed E-state index contributed by atoms with van der Waals surface area (Å²) in [6, 6.07) is 20.3. The molecule has 0 aliphatic heterocycles. The lowest BCUT2D eigenvalue weighted by molar-refractivity contribution is -0.422. The minimum Gasteiger partial charge on any atom is -0.372 e. The van der Waals surface area contributed by atoms with Gasteiger partial charge in [0.25, 0.3) is 0 Å². The number of anilines is 1. The molecule has 0 saturated heterocycles. The number of hydrogen-bond donors (Lipinski definition) is 0. The summed E-state index contributed by atoms with van der Waals surface area (Å²) in [6.07, 6.45) is 3.52. The van der Waals surface area contributed by atoms with Gasteiger partial charge in [-0.2, -0.15) is 0 Å². The summed E-state index contributed by atoms with van der Waals surface area (Å²) < 4.78 is 0. The second kappa shape index (κ2) is 9.67. The van der Waals surface area contributed by atoms with Crippen molar-refractivity contribution >= 4 is 29.2 Å². The van der Waals surface area contributed by atoms with E-state index < -0.39 is 21.2 Å². The molecule has 0 amide bonds. The van der Waals surface area contributed by atoms with E-state index in [1.165, 1.54) is 17.8 Å². The third-order valence-electron chi connectivity index (χ3n) is 5.10. The second-order valence-electron chi connectivity index (χ2n) is 6.94. The molecule has 0 atom stereocenters. The highest BCUT2D eigenvalue weighted by molar-refractivity contribution is 5.74. The van der Waals surface area contributed by atoms with Crippen molar-refractivity contribution in [3.8, 4) is 11.1 Å². The minimum atomic E-state index is -0.751. The summed E-state index contributed by atoms with van der Waals surface area (Å²) in [4.78, 5) is 22.8. The SMILES string of the molecule is CCN(CC)c1ccc(-c2ccc(C=Cc3ccc([N+](=O)[O-])c([N+](=O)[O-])c3)cc2)cc1. The fourth-order valence-electron chi connectivity index (χ4n) is 3.38. The van der Waals surface area contributed by atoms with Crippen LogP contribution in [0.3, 0.4) is 0 Å². The van der Waals surface area contributed by atoms with Crippen molar-refractivity contribution in [2.75, 3.05) is 18.0 Å². The van der Waals surface area contributed by atoms with Crippen LogP contribution in [0.5, 0.6) is 0 Å². The van der Waals surface area contributed by atoms with Crippen LogP contribution in [-0.2, 0) is 0 Å². The van der Waals surface area contributed by atoms with Crippen molar-refractivity contribution in [3.05, 3.63) is 98.1 Å². The molecule has 158 valence electrons. The molecule has 0 unspecified atom stereocenters. The zero-order chi connectivity index (χ0) is 22.4. The Morgan fingerprint density at radius 3 is 1.71 bits per heavy atom. The molecule has 0 saturated carbocycles. The molecular weight excluding hydrogens is 394 g/mol. The minimum absolute atomic E-state index is 0.515. The van der Waals surface area contributed by atoms with Crippen molar-refractivity contribution in [2.24, 2.45) is 0 Å². The van der Waals surface area contributed by atoms with Crippen LogP contribution < -0.4 is 4.90 Å². The van der Waals surface area contributed by atoms with Crippen LogP contribution in [0, 0.1) is 20.2 Å². The normalized spacial score (nSPS) is 10.9. The van der Waals surface area contributed by atoms with Gasteiger partial charge in [0.05, 0.1) is 9.85 Å². The van der Waals surface area contributed by atoms with Crippen LogP contribution in [-0.4, -0.2) is 22.9 Å². The Morgan fingerprint density at radius 2 is 1.19 bits per heavy atom. The van der Waals surface area contributed by atoms with Crippen molar-refractivity contribution < 1.29 is 9.85 Å². The van der Waals surface area contributed by atoms with Gasteiger partial charge in [0.1, 0.15) is 0 Å². The number of nitro benzene ring substituents is 2. The van der Waals surface area contributed by atoms with Crippen LogP contribution in [0.1, 0.15) is 25.0 Å². The van der Waals surface area contributed by atoms with Gasteiger partial charge in [0, 0.05) is 30.9 Å². The van der Waals surface area contributed by atoms with Crippen LogP contribution in [0.4, 0.5) is 17.1 Å². The Labute approximate surface area is 180 Å². The standard InChI is InChI=1S/C24H23N3O4/c1-3-25(4-2)22-14-12-21(13-15-22)20-10-7-18(8-11-20)5-6-19-9-16-23(26(28)29)24(17-19)27(30)31/h5-17H,3-4H2,1-2H3. The fourth-order valence-corrected chi connectivity index (χ4v) is 3.38. The first-order chi connectivity index (χ1) is 14.9. The molecule has 31 heavy (non-hydrogen) atoms. The number of hydrogen-bond acceptors (Lipinski definition) is 5. The van der Waals surface area contributed by atoms with E-state index >= 15 is 0 Å². The zero-order valence-corrected chi connectivity index (χ0v) is 17.4. The highest BCUT2D eigenvalue weighted by Gasteiger charge is 2.23. The van der Waals surface area contributed by atoms with E-state index in [9.17, 15) is 20.2 Å². The molecule has 0 radical (unpaired) electrons. The van der Waals surface area contributed by atoms with Gasteiger partial charge >= 0.3 is 11.4 Å². The van der Waals surface area contributed by atoms with E-state index in [0.29, 0.717) is 5.56 Å². The summed E-state index contributed by atoms with van der Waals surface area (Å²) in [5.41, 5.74) is 3.82. The van der Waals surface area contributed by atoms with Gasteiger partial charge in [-0.1, -0.05) is 48.6 Å². The largest absolute Gasteiger partial charge is 0.372 e. The summed E-state index contributed by atoms with van der Waals surface area (Å²) in [7, 11) is 0. The predicted octanol–water partition coefficient (Wildman–Crippen LogP) is 6.19. The molecule has 3 rings (SSSR count). The van der Waals surface area contributed by atoms with Crippen LogP contribution in [0.15, 0.2) is 66.7 Å². The summed E-state index contributed by atoms with van der Waals surface area (Å²) in [5, 5.41) is 22.0. The summed E-state index contributed by atoms with van der Waals surface area (Å²) in [5.74, 6) is 0. The first-order valence-corrected chi connectivity index (χ1v) is 9.99. The molecule has 0 fully saturated rings. The monoisotopic (exact) mass is 417 g/mol. The van der Waals surface area contributed by atoms with Gasteiger partial charge in [0.2, 0.25) is 0 Å². The number of nitrogens with zero attached hydrogens (tertiary/aromatic N) is 3. The fraction of sp³-hybridized carbons (Fsp3) is 0.167. The van der Waals surface area contributed by atoms with E-state index in [0.717, 1.165) is 35.8 Å². The van der Waals surface area contributed by atoms with Crippen LogP contribution in [0.2, 0.25) is 0 Å². The maximum absolute atomic E-state index is 11.1. The molecule has 3 aromatic rings. The number of nitro groups is 2. The third-order valence-corrected chi connectivity index (χ3v) is 5.10. The Morgan fingerprint density at radius 1 is 0.710 bits per heavy atom. The van der Waals surface area contributed by atoms with Gasteiger partial charge in [-0.25, -0.2) is 0 Å². The molecule has 0 aliphatic rings. The molecule has 0 heterocycles. The predicted molar refractivity (Wildman–Crippen MR) is 124 cm³/mol. The molecule has 0 N–H and O–H groups in total. The molecular formula is C24H23N3O4. The summed E-state index contributed by atoms with van der Waals surface area (Å²) >= 11 is 0. The molecule has 7 nitrogen and oxygen atoms in total. The second-order valence-corrected chi connectivity index (χ2v) is 6.94. The molecule has 3 aromatic carbocycles. The topological polar surface area (TPSA) is 89.5 Å². The lowest BCUT2D eigenvalue weighted by Gasteiger charge is -2.21. The highest BCUT2D eigenvalue weighted by atomic mass is 16.6. The number of benzene rings is 3. The van der Waals surface area contributed by atoms with Crippen molar-refractivity contribution in [1.29, 1.82) is 0 Å². The third kappa shape index (κ3) is 5.14. The Hall–Kier alpha value is -4.00. The maximum Gasteiger partial charge on any atom is 0.346 e. The van der Waals surface area contributed by atoms with Crippen LogP contribution >= 0.6 is 0 Å². The van der Waals surface area contributed by atoms with E-state index in [1.807, 2.05) is 30.3 Å². The van der Waals surface area contributed by atoms with Gasteiger partial charge in [0.15, 0.2) is 0 Å². The Bertz CT molecular complexity index is 1100. The van der Waals surface area contributed by atoms with Gasteiger partial charge in [-0.3, -0.25) is 20.2 Å². The Kier molecular flexibility index (Phi) is 6.77. The molecule has 0 bridgehead atoms. The van der Waals surface area contributed by atoms with Crippen molar-refractivity contribution in [2.45, 2.75) is 13.8 Å². The van der Waals surface area contributed by atoms with E-state index in [1.54, 1.807) is 6.08 Å². The van der Waals surface area contributed by atoms with Gasteiger partial charge in [-0.15, -0.1) is 0 Å². The van der Waals surface area contributed by atoms with E-state index in [-0.39, 0.29) is 0 Å². The summed E-state index contributed by atoms with van der Waals surface area (Å²) in [6.45, 7) is 6.21. The zero-order valence-electron chi connectivity index (χ0n) is 17.4. The van der Waals surface area contributed by atoms with Crippen molar-refractivity contribution in [1.82, 2.24) is 0 Å². The van der Waals surface area contributed by atoms with Crippen LogP contribution in [0.25, 0.3) is 23.3 Å². The first kappa shape index (κ1) is 21.7. The smallest absolute Gasteiger partial charge is 0.346 e. The highest BCUT2D eigenvalue weighted by Crippen LogP contribution is 2.28. The molecule has 0 aliphatic carbocycles. The van der Waals surface area contributed by atoms with Gasteiger partial charge < -0.3 is 4.90 Å². The van der Waals surface area contributed by atoms with E-state index in [4.69, 9.17) is 0 Å². The lowest BCUT2D eigenvalue weighted by Crippen LogP contribution is -2.21. The first-order valence-electron chi connectivity index (χ1n) is 9.99. The van der Waals surface area contributed by atoms with Crippen molar-refractivity contribution in [3.63, 3.8) is 0 Å². The average molecular weight is 417 g/mol.